The zero-order chi connectivity index (χ0) is 28.7. The molecule has 220 valence electrons. The van der Waals surface area contributed by atoms with E-state index in [9.17, 15) is 13.2 Å². The van der Waals surface area contributed by atoms with Crippen molar-refractivity contribution in [2.45, 2.75) is 89.5 Å². The highest BCUT2D eigenvalue weighted by atomic mass is 35.5. The van der Waals surface area contributed by atoms with Crippen molar-refractivity contribution >= 4 is 39.5 Å². The number of alkyl halides is 3. The summed E-state index contributed by atoms with van der Waals surface area (Å²) in [5, 5.41) is 4.33. The Morgan fingerprint density at radius 3 is 2.73 bits per heavy atom. The third kappa shape index (κ3) is 6.33. The lowest BCUT2D eigenvalue weighted by atomic mass is 10.1. The van der Waals surface area contributed by atoms with E-state index in [0.717, 1.165) is 61.7 Å². The number of anilines is 1. The molecule has 2 saturated carbocycles. The minimum Gasteiger partial charge on any atom is -0.367 e. The maximum atomic E-state index is 13.2. The highest BCUT2D eigenvalue weighted by Gasteiger charge is 2.34. The molecular formula is C30H37ClF3N7. The van der Waals surface area contributed by atoms with E-state index in [4.69, 9.17) is 11.6 Å². The van der Waals surface area contributed by atoms with Crippen LogP contribution in [-0.4, -0.2) is 54.6 Å². The molecule has 1 aromatic carbocycles. The molecule has 2 N–H and O–H groups in total. The number of H-pyrrole nitrogens is 1. The molecular weight excluding hydrogens is 551 g/mol. The van der Waals surface area contributed by atoms with E-state index >= 15 is 0 Å². The molecule has 4 aromatic rings. The Bertz CT molecular complexity index is 1510. The number of hydrogen-bond donors (Lipinski definition) is 2. The van der Waals surface area contributed by atoms with Crippen molar-refractivity contribution in [3.63, 3.8) is 0 Å². The lowest BCUT2D eigenvalue weighted by Crippen LogP contribution is -2.35. The number of aryl methyl sites for hydroxylation is 1. The molecule has 2 aliphatic carbocycles. The second-order valence-electron chi connectivity index (χ2n) is 12.0. The highest BCUT2D eigenvalue weighted by Crippen LogP contribution is 2.39. The van der Waals surface area contributed by atoms with Gasteiger partial charge in [-0.15, -0.1) is 0 Å². The van der Waals surface area contributed by atoms with Crippen molar-refractivity contribution in [3.05, 3.63) is 47.1 Å². The molecule has 6 rings (SSSR count). The second kappa shape index (κ2) is 11.4. The first kappa shape index (κ1) is 28.3. The van der Waals surface area contributed by atoms with Gasteiger partial charge in [-0.3, -0.25) is 0 Å². The van der Waals surface area contributed by atoms with Gasteiger partial charge in [0.05, 0.1) is 27.0 Å². The maximum Gasteiger partial charge on any atom is 0.417 e. The standard InChI is InChI=1S/C30H37ClF3N7/c1-18(2)40(11-4-3-5-27-38-25-14-23(30(32,33)34)24(31)15-26(25)39-27)16-19-6-9-21(13-19)41-12-10-22-28(37-20-7-8-20)35-17-36-29(22)41/h10,12,14-15,17-21H,3-9,11,13,16H2,1-2H3,(H,38,39)(H,35,36,37)/t19-,21+/m1/s1. The van der Waals surface area contributed by atoms with Crippen LogP contribution < -0.4 is 5.32 Å². The summed E-state index contributed by atoms with van der Waals surface area (Å²) >= 11 is 5.86. The Hall–Kier alpha value is -2.85. The molecule has 11 heteroatoms. The van der Waals surface area contributed by atoms with Gasteiger partial charge in [-0.25, -0.2) is 15.0 Å². The van der Waals surface area contributed by atoms with Crippen LogP contribution in [0.15, 0.2) is 30.7 Å². The van der Waals surface area contributed by atoms with Crippen molar-refractivity contribution < 1.29 is 13.2 Å². The van der Waals surface area contributed by atoms with Crippen LogP contribution in [0.5, 0.6) is 0 Å². The molecule has 0 radical (unpaired) electrons. The summed E-state index contributed by atoms with van der Waals surface area (Å²) in [5.41, 5.74) is 1.03. The van der Waals surface area contributed by atoms with Gasteiger partial charge >= 0.3 is 6.18 Å². The van der Waals surface area contributed by atoms with E-state index in [1.54, 1.807) is 6.33 Å². The Labute approximate surface area is 242 Å². The number of aromatic nitrogens is 5. The zero-order valence-electron chi connectivity index (χ0n) is 23.5. The molecule has 0 unspecified atom stereocenters. The zero-order valence-corrected chi connectivity index (χ0v) is 24.3. The molecule has 3 heterocycles. The first-order chi connectivity index (χ1) is 19.7. The van der Waals surface area contributed by atoms with Gasteiger partial charge in [0.1, 0.15) is 23.6 Å². The lowest BCUT2D eigenvalue weighted by Gasteiger charge is -2.29. The van der Waals surface area contributed by atoms with Crippen LogP contribution >= 0.6 is 11.6 Å². The first-order valence-corrected chi connectivity index (χ1v) is 15.1. The number of nitrogens with zero attached hydrogens (tertiary/aromatic N) is 5. The third-order valence-electron chi connectivity index (χ3n) is 8.59. The second-order valence-corrected chi connectivity index (χ2v) is 12.4. The van der Waals surface area contributed by atoms with Crippen molar-refractivity contribution in [3.8, 4) is 0 Å². The molecule has 2 aliphatic rings. The summed E-state index contributed by atoms with van der Waals surface area (Å²) in [6.07, 6.45) is 7.88. The molecule has 0 bridgehead atoms. The average molecular weight is 588 g/mol. The largest absolute Gasteiger partial charge is 0.417 e. The molecule has 0 amide bonds. The van der Waals surface area contributed by atoms with Crippen LogP contribution in [-0.2, 0) is 12.6 Å². The number of halogens is 4. The number of benzene rings is 1. The quantitative estimate of drug-likeness (QED) is 0.176. The van der Waals surface area contributed by atoms with Crippen molar-refractivity contribution in [2.75, 3.05) is 18.4 Å². The van der Waals surface area contributed by atoms with Crippen LogP contribution in [0.1, 0.15) is 76.2 Å². The monoisotopic (exact) mass is 587 g/mol. The van der Waals surface area contributed by atoms with Gasteiger partial charge in [0.2, 0.25) is 0 Å². The fourth-order valence-electron chi connectivity index (χ4n) is 6.19. The van der Waals surface area contributed by atoms with Crippen molar-refractivity contribution in [2.24, 2.45) is 5.92 Å². The van der Waals surface area contributed by atoms with Crippen LogP contribution in [0.4, 0.5) is 19.0 Å². The fourth-order valence-corrected chi connectivity index (χ4v) is 6.45. The highest BCUT2D eigenvalue weighted by molar-refractivity contribution is 6.32. The Morgan fingerprint density at radius 1 is 1.15 bits per heavy atom. The minimum atomic E-state index is -4.49. The summed E-state index contributed by atoms with van der Waals surface area (Å²) in [5.74, 6) is 2.28. The third-order valence-corrected chi connectivity index (χ3v) is 8.90. The number of imidazole rings is 1. The number of nitrogens with one attached hydrogen (secondary N) is 2. The van der Waals surface area contributed by atoms with E-state index in [-0.39, 0.29) is 5.02 Å². The fraction of sp³-hybridized carbons (Fsp3) is 0.567. The SMILES string of the molecule is CC(C)N(CCCCc1nc2cc(Cl)c(C(F)(F)F)cc2[nH]1)C[C@@H]1CC[C@H](n2ccc3c(NC4CC4)ncnc32)C1. The topological polar surface area (TPSA) is 74.7 Å². The summed E-state index contributed by atoms with van der Waals surface area (Å²) in [6.45, 7) is 6.55. The molecule has 0 spiro atoms. The predicted octanol–water partition coefficient (Wildman–Crippen LogP) is 7.63. The summed E-state index contributed by atoms with van der Waals surface area (Å²) < 4.78 is 41.9. The van der Waals surface area contributed by atoms with Crippen molar-refractivity contribution in [1.29, 1.82) is 0 Å². The van der Waals surface area contributed by atoms with Crippen molar-refractivity contribution in [1.82, 2.24) is 29.4 Å². The van der Waals surface area contributed by atoms with Gasteiger partial charge in [-0.05, 0) is 89.5 Å². The summed E-state index contributed by atoms with van der Waals surface area (Å²) in [7, 11) is 0. The number of fused-ring (bicyclic) bond motifs is 2. The van der Waals surface area contributed by atoms with Gasteiger partial charge in [0, 0.05) is 37.3 Å². The van der Waals surface area contributed by atoms with E-state index in [2.05, 4.69) is 60.8 Å². The summed E-state index contributed by atoms with van der Waals surface area (Å²) in [6, 6.07) is 5.95. The lowest BCUT2D eigenvalue weighted by molar-refractivity contribution is -0.137. The Balaban J connectivity index is 1.02. The van der Waals surface area contributed by atoms with E-state index in [1.165, 1.54) is 25.3 Å². The molecule has 7 nitrogen and oxygen atoms in total. The van der Waals surface area contributed by atoms with Gasteiger partial charge in [-0.2, -0.15) is 13.2 Å². The van der Waals surface area contributed by atoms with Gasteiger partial charge in [0.25, 0.3) is 0 Å². The van der Waals surface area contributed by atoms with E-state index < -0.39 is 11.7 Å². The minimum absolute atomic E-state index is 0.321. The average Bonchev–Trinajstić information content (AvgIpc) is 3.28. The van der Waals surface area contributed by atoms with E-state index in [0.29, 0.717) is 47.3 Å². The number of rotatable bonds is 11. The number of aromatic amines is 1. The smallest absolute Gasteiger partial charge is 0.367 e. The molecule has 2 atom stereocenters. The maximum absolute atomic E-state index is 13.2. The van der Waals surface area contributed by atoms with Gasteiger partial charge in [0.15, 0.2) is 0 Å². The first-order valence-electron chi connectivity index (χ1n) is 14.7. The molecule has 41 heavy (non-hydrogen) atoms. The Kier molecular flexibility index (Phi) is 7.89. The molecule has 0 saturated heterocycles. The van der Waals surface area contributed by atoms with Crippen LogP contribution in [0.25, 0.3) is 22.1 Å². The number of unbranched alkanes of at least 4 members (excludes halogenated alkanes) is 1. The predicted molar refractivity (Wildman–Crippen MR) is 156 cm³/mol. The van der Waals surface area contributed by atoms with Gasteiger partial charge in [-0.1, -0.05) is 11.6 Å². The molecule has 0 aliphatic heterocycles. The normalized spacial score (nSPS) is 19.8. The van der Waals surface area contributed by atoms with E-state index in [1.807, 2.05) is 0 Å². The Morgan fingerprint density at radius 2 is 1.98 bits per heavy atom. The van der Waals surface area contributed by atoms with Crippen LogP contribution in [0.2, 0.25) is 5.02 Å². The number of hydrogen-bond acceptors (Lipinski definition) is 5. The molecule has 3 aromatic heterocycles. The van der Waals surface area contributed by atoms with Gasteiger partial charge < -0.3 is 19.8 Å². The molecule has 2 fully saturated rings. The van der Waals surface area contributed by atoms with Crippen LogP contribution in [0, 0.1) is 5.92 Å². The van der Waals surface area contributed by atoms with Crippen LogP contribution in [0.3, 0.4) is 0 Å². The summed E-state index contributed by atoms with van der Waals surface area (Å²) in [4.78, 5) is 19.2.